The van der Waals surface area contributed by atoms with Gasteiger partial charge in [0.2, 0.25) is 8.07 Å². The predicted octanol–water partition coefficient (Wildman–Crippen LogP) is 14.1. The molecule has 1 aliphatic rings. The lowest BCUT2D eigenvalue weighted by Crippen LogP contribution is -2.77. The first-order valence-electron chi connectivity index (χ1n) is 24.0. The van der Waals surface area contributed by atoms with E-state index in [0.717, 1.165) is 22.2 Å². The molecule has 13 aromatic rings. The summed E-state index contributed by atoms with van der Waals surface area (Å²) in [6, 6.07) is 96.2. The number of nitrogens with zero attached hydrogens (tertiary/aromatic N) is 3. The minimum atomic E-state index is -3.40. The number of hydrogen-bond donors (Lipinski definition) is 0. The molecule has 0 spiro atoms. The van der Waals surface area contributed by atoms with Gasteiger partial charge in [-0.3, -0.25) is 4.57 Å². The molecule has 5 heteroatoms. The van der Waals surface area contributed by atoms with Gasteiger partial charge in [-0.2, -0.15) is 0 Å². The Morgan fingerprint density at radius 3 is 1.46 bits per heavy atom. The maximum Gasteiger partial charge on any atom is 0.206 e. The average Bonchev–Trinajstić information content (AvgIpc) is 3.96. The fraction of sp³-hybridized carbons (Fsp3) is 0. The number of benzene rings is 10. The van der Waals surface area contributed by atoms with E-state index in [4.69, 9.17) is 4.98 Å². The molecular formula is C65H43N3SSi. The van der Waals surface area contributed by atoms with Gasteiger partial charge in [-0.1, -0.05) is 224 Å². The smallest absolute Gasteiger partial charge is 0.206 e. The van der Waals surface area contributed by atoms with Crippen molar-refractivity contribution in [3.05, 3.63) is 261 Å². The summed E-state index contributed by atoms with van der Waals surface area (Å²) >= 11 is 1.91. The lowest BCUT2D eigenvalue weighted by molar-refractivity contribution is 1.09. The zero-order valence-corrected chi connectivity index (χ0v) is 39.9. The first kappa shape index (κ1) is 40.6. The Kier molecular flexibility index (Phi) is 9.47. The Labute approximate surface area is 411 Å². The standard InChI is InChI=1S/C65H43N3SSi/c1-2-20-44(21-3-1)45-40-42-46(43-41-45)47-22-4-5-23-48(47)53-28-18-37-62-65(53)69-59-34-15-17-36-61(59)70(62,60-35-16-14-33-58(60)67-54-29-10-6-24-49(54)50-25-7-11-30-55(50)67)64-39-19-38-63(66-64)68-56-31-12-8-26-51(56)52-27-9-13-32-57(52)68/h1-43H. The Hall–Kier alpha value is -8.48. The van der Waals surface area contributed by atoms with E-state index in [1.54, 1.807) is 0 Å². The minimum absolute atomic E-state index is 0.911. The third-order valence-electron chi connectivity index (χ3n) is 14.5. The zero-order chi connectivity index (χ0) is 46.2. The molecule has 0 radical (unpaired) electrons. The first-order valence-corrected chi connectivity index (χ1v) is 26.8. The highest BCUT2D eigenvalue weighted by molar-refractivity contribution is 8.00. The molecule has 14 rings (SSSR count). The Bertz CT molecular complexity index is 4060. The third-order valence-corrected chi connectivity index (χ3v) is 20.8. The van der Waals surface area contributed by atoms with Crippen molar-refractivity contribution < 1.29 is 0 Å². The summed E-state index contributed by atoms with van der Waals surface area (Å²) in [5, 5.41) is 9.99. The maximum atomic E-state index is 6.04. The molecule has 0 saturated heterocycles. The molecule has 0 aliphatic carbocycles. The molecule has 328 valence electrons. The van der Waals surface area contributed by atoms with Crippen LogP contribution in [0.2, 0.25) is 0 Å². The van der Waals surface area contributed by atoms with Crippen LogP contribution in [0, 0.1) is 0 Å². The van der Waals surface area contributed by atoms with Crippen LogP contribution in [0.15, 0.2) is 271 Å². The van der Waals surface area contributed by atoms with Crippen molar-refractivity contribution in [3.8, 4) is 44.9 Å². The number of pyridine rings is 1. The van der Waals surface area contributed by atoms with Crippen LogP contribution >= 0.6 is 11.8 Å². The summed E-state index contributed by atoms with van der Waals surface area (Å²) < 4.78 is 4.89. The lowest BCUT2D eigenvalue weighted by Gasteiger charge is -2.40. The molecule has 0 saturated carbocycles. The van der Waals surface area contributed by atoms with Gasteiger partial charge >= 0.3 is 0 Å². The van der Waals surface area contributed by atoms with Crippen molar-refractivity contribution in [1.82, 2.24) is 14.1 Å². The monoisotopic (exact) mass is 925 g/mol. The van der Waals surface area contributed by atoms with Gasteiger partial charge in [-0.25, -0.2) is 4.98 Å². The second-order valence-electron chi connectivity index (χ2n) is 18.2. The number of fused-ring (bicyclic) bond motifs is 8. The first-order chi connectivity index (χ1) is 34.8. The highest BCUT2D eigenvalue weighted by Crippen LogP contribution is 2.44. The van der Waals surface area contributed by atoms with E-state index in [1.165, 1.54) is 97.0 Å². The van der Waals surface area contributed by atoms with Crippen LogP contribution in [0.4, 0.5) is 0 Å². The number of para-hydroxylation sites is 5. The van der Waals surface area contributed by atoms with Crippen molar-refractivity contribution >= 4 is 84.3 Å². The molecule has 0 fully saturated rings. The van der Waals surface area contributed by atoms with E-state index in [9.17, 15) is 0 Å². The summed E-state index contributed by atoms with van der Waals surface area (Å²) in [6.45, 7) is 0. The molecule has 3 aromatic heterocycles. The van der Waals surface area contributed by atoms with Gasteiger partial charge in [0.05, 0.1) is 22.1 Å². The molecule has 1 aliphatic heterocycles. The molecule has 0 amide bonds. The number of rotatable bonds is 7. The Morgan fingerprint density at radius 2 is 0.786 bits per heavy atom. The number of hydrogen-bond acceptors (Lipinski definition) is 2. The van der Waals surface area contributed by atoms with Crippen LogP contribution in [0.3, 0.4) is 0 Å². The largest absolute Gasteiger partial charge is 0.309 e. The highest BCUT2D eigenvalue weighted by Gasteiger charge is 2.50. The van der Waals surface area contributed by atoms with Crippen LogP contribution < -0.4 is 20.9 Å². The van der Waals surface area contributed by atoms with Gasteiger partial charge in [0.25, 0.3) is 0 Å². The van der Waals surface area contributed by atoms with Crippen molar-refractivity contribution in [2.24, 2.45) is 0 Å². The molecule has 70 heavy (non-hydrogen) atoms. The van der Waals surface area contributed by atoms with Crippen LogP contribution in [0.1, 0.15) is 0 Å². The average molecular weight is 926 g/mol. The normalized spacial score (nSPS) is 14.3. The molecular weight excluding hydrogens is 883 g/mol. The molecule has 1 atom stereocenters. The van der Waals surface area contributed by atoms with Crippen LogP contribution in [-0.2, 0) is 0 Å². The van der Waals surface area contributed by atoms with Gasteiger partial charge in [-0.15, -0.1) is 0 Å². The summed E-state index contributed by atoms with van der Waals surface area (Å²) in [5.41, 5.74) is 13.1. The highest BCUT2D eigenvalue weighted by atomic mass is 32.2. The lowest BCUT2D eigenvalue weighted by atomic mass is 9.93. The Morgan fingerprint density at radius 1 is 0.314 bits per heavy atom. The van der Waals surface area contributed by atoms with Gasteiger partial charge in [0.15, 0.2) is 0 Å². The van der Waals surface area contributed by atoms with Crippen LogP contribution in [0.5, 0.6) is 0 Å². The van der Waals surface area contributed by atoms with E-state index in [1.807, 2.05) is 11.8 Å². The molecule has 0 bridgehead atoms. The topological polar surface area (TPSA) is 22.8 Å². The fourth-order valence-electron chi connectivity index (χ4n) is 11.5. The number of aromatic nitrogens is 3. The second kappa shape index (κ2) is 16.3. The van der Waals surface area contributed by atoms with E-state index in [-0.39, 0.29) is 0 Å². The van der Waals surface area contributed by atoms with Crippen molar-refractivity contribution in [1.29, 1.82) is 0 Å². The summed E-state index contributed by atoms with van der Waals surface area (Å²) in [5.74, 6) is 0.911. The molecule has 1 unspecified atom stereocenters. The van der Waals surface area contributed by atoms with Gasteiger partial charge in [0, 0.05) is 42.3 Å². The van der Waals surface area contributed by atoms with Gasteiger partial charge < -0.3 is 4.57 Å². The van der Waals surface area contributed by atoms with E-state index in [2.05, 4.69) is 270 Å². The fourth-order valence-corrected chi connectivity index (χ4v) is 18.6. The Balaban J connectivity index is 1.08. The minimum Gasteiger partial charge on any atom is -0.309 e. The molecule has 4 heterocycles. The second-order valence-corrected chi connectivity index (χ2v) is 22.8. The molecule has 0 N–H and O–H groups in total. The van der Waals surface area contributed by atoms with Crippen LogP contribution in [0.25, 0.3) is 88.5 Å². The molecule has 3 nitrogen and oxygen atoms in total. The van der Waals surface area contributed by atoms with E-state index >= 15 is 0 Å². The van der Waals surface area contributed by atoms with Crippen molar-refractivity contribution in [3.63, 3.8) is 0 Å². The maximum absolute atomic E-state index is 6.04. The summed E-state index contributed by atoms with van der Waals surface area (Å²) in [6.07, 6.45) is 0. The zero-order valence-electron chi connectivity index (χ0n) is 38.1. The van der Waals surface area contributed by atoms with Crippen molar-refractivity contribution in [2.45, 2.75) is 9.79 Å². The molecule has 10 aromatic carbocycles. The SMILES string of the molecule is c1ccc(-c2ccc(-c3ccccc3-c3cccc4c3Sc3ccccc3[Si]4(c3cccc(-n4c5ccccc5c5ccccc54)n3)c3ccccc3-n3c4ccccc4c4ccccc43)cc2)cc1. The third kappa shape index (κ3) is 6.12. The van der Waals surface area contributed by atoms with E-state index < -0.39 is 8.07 Å². The van der Waals surface area contributed by atoms with Gasteiger partial charge in [-0.05, 0) is 97.5 Å². The van der Waals surface area contributed by atoms with Crippen molar-refractivity contribution in [2.75, 3.05) is 0 Å². The van der Waals surface area contributed by atoms with Crippen LogP contribution in [-0.4, -0.2) is 22.2 Å². The summed E-state index contributed by atoms with van der Waals surface area (Å²) in [7, 11) is -3.40. The predicted molar refractivity (Wildman–Crippen MR) is 297 cm³/mol. The summed E-state index contributed by atoms with van der Waals surface area (Å²) in [4.78, 5) is 8.58. The quantitative estimate of drug-likeness (QED) is 0.149. The van der Waals surface area contributed by atoms with Gasteiger partial charge in [0.1, 0.15) is 5.82 Å². The van der Waals surface area contributed by atoms with E-state index in [0.29, 0.717) is 0 Å².